The highest BCUT2D eigenvalue weighted by Gasteiger charge is 2.31. The van der Waals surface area contributed by atoms with E-state index in [4.69, 9.17) is 0 Å². The minimum Gasteiger partial charge on any atom is -0.406 e. The number of benzene rings is 2. The zero-order valence-corrected chi connectivity index (χ0v) is 19.9. The summed E-state index contributed by atoms with van der Waals surface area (Å²) in [6.45, 7) is 8.25. The Kier molecular flexibility index (Phi) is 7.00. The molecule has 1 saturated heterocycles. The highest BCUT2D eigenvalue weighted by Crippen LogP contribution is 2.30. The van der Waals surface area contributed by atoms with Gasteiger partial charge in [-0.2, -0.15) is 0 Å². The number of ether oxygens (including phenoxy) is 1. The van der Waals surface area contributed by atoms with Gasteiger partial charge in [-0.3, -0.25) is 4.79 Å². The number of hydrogen-bond donors (Lipinski definition) is 1. The first kappa shape index (κ1) is 24.6. The largest absolute Gasteiger partial charge is 0.573 e. The highest BCUT2D eigenvalue weighted by molar-refractivity contribution is 6.06. The first-order valence-electron chi connectivity index (χ1n) is 11.6. The monoisotopic (exact) mass is 483 g/mol. The van der Waals surface area contributed by atoms with Crippen molar-refractivity contribution in [3.05, 3.63) is 71.9 Å². The van der Waals surface area contributed by atoms with Crippen LogP contribution in [0.1, 0.15) is 36.2 Å². The average molecular weight is 484 g/mol. The molecule has 1 aromatic heterocycles. The summed E-state index contributed by atoms with van der Waals surface area (Å²) in [7, 11) is 0. The molecule has 1 fully saturated rings. The number of carbonyl (C=O) groups is 1. The minimum atomic E-state index is -4.74. The van der Waals surface area contributed by atoms with Crippen LogP contribution in [0.25, 0.3) is 11.1 Å². The molecule has 1 amide bonds. The van der Waals surface area contributed by atoms with E-state index in [-0.39, 0.29) is 11.7 Å². The van der Waals surface area contributed by atoms with Gasteiger partial charge < -0.3 is 15.0 Å². The summed E-state index contributed by atoms with van der Waals surface area (Å²) < 4.78 is 41.2. The third kappa shape index (κ3) is 6.12. The Hall–Kier alpha value is -3.55. The summed E-state index contributed by atoms with van der Waals surface area (Å²) in [4.78, 5) is 19.8. The number of hydrogen-bond acceptors (Lipinski definition) is 4. The second kappa shape index (κ2) is 9.98. The Labute approximate surface area is 202 Å². The molecule has 0 radical (unpaired) electrons. The van der Waals surface area contributed by atoms with Gasteiger partial charge in [-0.25, -0.2) is 4.98 Å². The SMILES string of the molecule is Cc1c(C(=O)Nc2ccc(N3C[C@H](C)C[C@H](C)C3)nc2)cccc1-c1ccc(OC(F)(F)F)cc1. The van der Waals surface area contributed by atoms with Crippen molar-refractivity contribution in [3.63, 3.8) is 0 Å². The first-order chi connectivity index (χ1) is 16.6. The Bertz CT molecular complexity index is 1170. The third-order valence-corrected chi connectivity index (χ3v) is 6.18. The van der Waals surface area contributed by atoms with Gasteiger partial charge in [0.1, 0.15) is 11.6 Å². The Morgan fingerprint density at radius 1 is 1.03 bits per heavy atom. The van der Waals surface area contributed by atoms with Crippen LogP contribution in [0.4, 0.5) is 24.7 Å². The molecular weight excluding hydrogens is 455 g/mol. The van der Waals surface area contributed by atoms with Crippen LogP contribution < -0.4 is 15.0 Å². The fourth-order valence-electron chi connectivity index (χ4n) is 4.73. The van der Waals surface area contributed by atoms with E-state index < -0.39 is 6.36 Å². The van der Waals surface area contributed by atoms with E-state index in [9.17, 15) is 18.0 Å². The van der Waals surface area contributed by atoms with Crippen molar-refractivity contribution < 1.29 is 22.7 Å². The van der Waals surface area contributed by atoms with Crippen LogP contribution in [0.15, 0.2) is 60.8 Å². The van der Waals surface area contributed by atoms with Crippen LogP contribution in [-0.4, -0.2) is 30.3 Å². The summed E-state index contributed by atoms with van der Waals surface area (Å²) in [6.07, 6.45) is -1.86. The van der Waals surface area contributed by atoms with Crippen molar-refractivity contribution in [2.24, 2.45) is 11.8 Å². The summed E-state index contributed by atoms with van der Waals surface area (Å²) in [5.74, 6) is 1.55. The lowest BCUT2D eigenvalue weighted by molar-refractivity contribution is -0.274. The molecule has 0 unspecified atom stereocenters. The number of piperidine rings is 1. The predicted octanol–water partition coefficient (Wildman–Crippen LogP) is 6.69. The smallest absolute Gasteiger partial charge is 0.406 e. The minimum absolute atomic E-state index is 0.281. The molecule has 35 heavy (non-hydrogen) atoms. The third-order valence-electron chi connectivity index (χ3n) is 6.18. The van der Waals surface area contributed by atoms with Crippen molar-refractivity contribution in [2.75, 3.05) is 23.3 Å². The quantitative estimate of drug-likeness (QED) is 0.439. The van der Waals surface area contributed by atoms with Crippen LogP contribution in [0.5, 0.6) is 5.75 Å². The number of nitrogens with one attached hydrogen (secondary N) is 1. The molecule has 5 nitrogen and oxygen atoms in total. The van der Waals surface area contributed by atoms with E-state index in [1.54, 1.807) is 18.3 Å². The van der Waals surface area contributed by atoms with E-state index in [1.807, 2.05) is 25.1 Å². The summed E-state index contributed by atoms with van der Waals surface area (Å²) in [6, 6.07) is 14.6. The van der Waals surface area contributed by atoms with Crippen LogP contribution in [0.3, 0.4) is 0 Å². The molecule has 2 heterocycles. The van der Waals surface area contributed by atoms with Gasteiger partial charge in [0.15, 0.2) is 0 Å². The van der Waals surface area contributed by atoms with Gasteiger partial charge in [0.25, 0.3) is 5.91 Å². The van der Waals surface area contributed by atoms with Gasteiger partial charge in [0.05, 0.1) is 11.9 Å². The van der Waals surface area contributed by atoms with Crippen LogP contribution in [-0.2, 0) is 0 Å². The molecule has 0 saturated carbocycles. The average Bonchev–Trinajstić information content (AvgIpc) is 2.79. The van der Waals surface area contributed by atoms with E-state index in [2.05, 4.69) is 33.8 Å². The molecule has 4 rings (SSSR count). The van der Waals surface area contributed by atoms with E-state index in [0.29, 0.717) is 28.7 Å². The number of aromatic nitrogens is 1. The number of pyridine rings is 1. The fraction of sp³-hybridized carbons (Fsp3) is 0.333. The molecule has 1 N–H and O–H groups in total. The van der Waals surface area contributed by atoms with Gasteiger partial charge in [-0.1, -0.05) is 38.1 Å². The number of halogens is 3. The lowest BCUT2D eigenvalue weighted by atomic mass is 9.92. The maximum Gasteiger partial charge on any atom is 0.573 e. The lowest BCUT2D eigenvalue weighted by Crippen LogP contribution is -2.39. The zero-order chi connectivity index (χ0) is 25.2. The van der Waals surface area contributed by atoms with Gasteiger partial charge in [0.2, 0.25) is 0 Å². The van der Waals surface area contributed by atoms with Gasteiger partial charge in [-0.05, 0) is 72.2 Å². The molecule has 0 bridgehead atoms. The molecular formula is C27H28F3N3O2. The molecule has 2 aromatic carbocycles. The predicted molar refractivity (Wildman–Crippen MR) is 131 cm³/mol. The van der Waals surface area contributed by atoms with Crippen molar-refractivity contribution in [1.29, 1.82) is 0 Å². The van der Waals surface area contributed by atoms with E-state index in [0.717, 1.165) is 30.0 Å². The molecule has 0 aliphatic carbocycles. The maximum atomic E-state index is 13.0. The molecule has 3 aromatic rings. The normalized spacial score (nSPS) is 18.3. The number of rotatable bonds is 5. The van der Waals surface area contributed by atoms with Crippen LogP contribution in [0.2, 0.25) is 0 Å². The van der Waals surface area contributed by atoms with Crippen molar-refractivity contribution in [2.45, 2.75) is 33.6 Å². The standard InChI is InChI=1S/C27H28F3N3O2/c1-17-13-18(2)16-33(15-17)25-12-9-21(14-31-25)32-26(34)24-6-4-5-23(19(24)3)20-7-10-22(11-8-20)35-27(28,29)30/h4-12,14,17-18H,13,15-16H2,1-3H3,(H,32,34)/t17-,18+. The number of amides is 1. The first-order valence-corrected chi connectivity index (χ1v) is 11.6. The van der Waals surface area contributed by atoms with Gasteiger partial charge in [0, 0.05) is 18.7 Å². The molecule has 1 aliphatic rings. The van der Waals surface area contributed by atoms with Crippen molar-refractivity contribution in [1.82, 2.24) is 4.98 Å². The molecule has 0 spiro atoms. The van der Waals surface area contributed by atoms with Gasteiger partial charge >= 0.3 is 6.36 Å². The van der Waals surface area contributed by atoms with Gasteiger partial charge in [-0.15, -0.1) is 13.2 Å². The van der Waals surface area contributed by atoms with Crippen molar-refractivity contribution >= 4 is 17.4 Å². The van der Waals surface area contributed by atoms with Crippen LogP contribution in [0, 0.1) is 18.8 Å². The molecule has 1 aliphatic heterocycles. The second-order valence-electron chi connectivity index (χ2n) is 9.26. The Morgan fingerprint density at radius 2 is 1.71 bits per heavy atom. The molecule has 184 valence electrons. The van der Waals surface area contributed by atoms with Crippen LogP contribution >= 0.6 is 0 Å². The summed E-state index contributed by atoms with van der Waals surface area (Å²) >= 11 is 0. The summed E-state index contributed by atoms with van der Waals surface area (Å²) in [5, 5.41) is 2.90. The summed E-state index contributed by atoms with van der Waals surface area (Å²) in [5.41, 5.74) is 3.22. The Morgan fingerprint density at radius 3 is 2.31 bits per heavy atom. The number of anilines is 2. The lowest BCUT2D eigenvalue weighted by Gasteiger charge is -2.35. The Balaban J connectivity index is 1.47. The molecule has 8 heteroatoms. The van der Waals surface area contributed by atoms with Crippen molar-refractivity contribution in [3.8, 4) is 16.9 Å². The zero-order valence-electron chi connectivity index (χ0n) is 19.9. The fourth-order valence-corrected chi connectivity index (χ4v) is 4.73. The second-order valence-corrected chi connectivity index (χ2v) is 9.26. The highest BCUT2D eigenvalue weighted by atomic mass is 19.4. The molecule has 2 atom stereocenters. The topological polar surface area (TPSA) is 54.5 Å². The maximum absolute atomic E-state index is 13.0. The van der Waals surface area contributed by atoms with E-state index in [1.165, 1.54) is 30.7 Å². The van der Waals surface area contributed by atoms with E-state index >= 15 is 0 Å². The number of carbonyl (C=O) groups excluding carboxylic acids is 1. The number of nitrogens with zero attached hydrogens (tertiary/aromatic N) is 2. The number of alkyl halides is 3.